The first-order valence-electron chi connectivity index (χ1n) is 3.14. The molecule has 0 fully saturated rings. The van der Waals surface area contributed by atoms with Crippen LogP contribution in [0.15, 0.2) is 24.3 Å². The van der Waals surface area contributed by atoms with E-state index in [1.807, 2.05) is 24.3 Å². The summed E-state index contributed by atoms with van der Waals surface area (Å²) < 4.78 is 0.939. The maximum Gasteiger partial charge on any atom is 1.00 e. The van der Waals surface area contributed by atoms with Crippen molar-refractivity contribution in [3.63, 3.8) is 0 Å². The molecule has 0 bridgehead atoms. The Morgan fingerprint density at radius 1 is 0.786 bits per heavy atom. The van der Waals surface area contributed by atoms with Crippen LogP contribution in [0.5, 0.6) is 0 Å². The van der Waals surface area contributed by atoms with E-state index in [9.17, 15) is 0 Å². The monoisotopic (exact) mass is 242 g/mol. The molecule has 0 aliphatic carbocycles. The molecule has 1 rings (SSSR count). The molecular weight excluding hydrogens is 238 g/mol. The molecule has 0 unspecified atom stereocenters. The molecule has 1 aromatic carbocycles. The zero-order chi connectivity index (χ0) is 9.14. The molecule has 0 nitrogen and oxygen atoms in total. The quantitative estimate of drug-likeness (QED) is 0.296. The molecule has 0 amide bonds. The van der Waals surface area contributed by atoms with Crippen LogP contribution in [0.2, 0.25) is 0 Å². The zero-order valence-corrected chi connectivity index (χ0v) is 11.2. The molecule has 0 aliphatic rings. The average Bonchev–Trinajstić information content (AvgIpc) is 2.04. The van der Waals surface area contributed by atoms with Gasteiger partial charge in [0.15, 0.2) is 0 Å². The zero-order valence-electron chi connectivity index (χ0n) is 7.94. The molecule has 0 radical (unpaired) electrons. The smallest absolute Gasteiger partial charge is 0.428 e. The normalized spacial score (nSPS) is 8.00. The molecule has 0 spiro atoms. The minimum absolute atomic E-state index is 0. The maximum absolute atomic E-state index is 4.83. The standard InChI is InChI=1S/C8H6S4.2Li/c9-7(10)5-1-2-6(4-3-5)8(11)12;;/h1-4H,(H,9,10)(H,11,12);;/q;2*+1/p-2. The van der Waals surface area contributed by atoms with Gasteiger partial charge in [-0.15, -0.1) is 8.39 Å². The van der Waals surface area contributed by atoms with Crippen LogP contribution in [0.25, 0.3) is 0 Å². The van der Waals surface area contributed by atoms with Crippen molar-refractivity contribution < 1.29 is 37.7 Å². The Labute approximate surface area is 130 Å². The number of hydrogen-bond acceptors (Lipinski definition) is 4. The fraction of sp³-hybridized carbons (Fsp3) is 0. The van der Waals surface area contributed by atoms with Crippen LogP contribution in [-0.4, -0.2) is 8.39 Å². The molecule has 6 heteroatoms. The molecule has 0 aromatic heterocycles. The van der Waals surface area contributed by atoms with Gasteiger partial charge >= 0.3 is 37.7 Å². The van der Waals surface area contributed by atoms with Crippen molar-refractivity contribution in [3.8, 4) is 0 Å². The van der Waals surface area contributed by atoms with Crippen molar-refractivity contribution in [2.75, 3.05) is 0 Å². The van der Waals surface area contributed by atoms with Crippen LogP contribution < -0.4 is 37.7 Å². The minimum atomic E-state index is 0. The Balaban J connectivity index is 0. The SMILES string of the molecule is S=C([S-])c1ccc(C(=S)[S-])cc1.[Li+].[Li+]. The number of hydrogen-bond donors (Lipinski definition) is 0. The van der Waals surface area contributed by atoms with Gasteiger partial charge in [0.25, 0.3) is 0 Å². The fourth-order valence-electron chi connectivity index (χ4n) is 0.742. The number of rotatable bonds is 2. The van der Waals surface area contributed by atoms with Crippen LogP contribution in [0.1, 0.15) is 11.1 Å². The van der Waals surface area contributed by atoms with Gasteiger partial charge in [0.2, 0.25) is 0 Å². The second-order valence-corrected chi connectivity index (χ2v) is 4.30. The maximum atomic E-state index is 4.83. The second kappa shape index (κ2) is 8.22. The third-order valence-corrected chi connectivity index (χ3v) is 2.30. The summed E-state index contributed by atoms with van der Waals surface area (Å²) in [5, 5.41) is 0. The molecule has 0 aliphatic heterocycles. The van der Waals surface area contributed by atoms with E-state index < -0.39 is 0 Å². The summed E-state index contributed by atoms with van der Waals surface area (Å²) in [6.07, 6.45) is 0. The Kier molecular flexibility index (Phi) is 10.2. The molecule has 1 aromatic rings. The van der Waals surface area contributed by atoms with E-state index in [0.717, 1.165) is 11.1 Å². The van der Waals surface area contributed by atoms with Crippen molar-refractivity contribution in [1.82, 2.24) is 0 Å². The third kappa shape index (κ3) is 5.21. The topological polar surface area (TPSA) is 0 Å². The van der Waals surface area contributed by atoms with E-state index in [4.69, 9.17) is 49.7 Å². The first-order valence-corrected chi connectivity index (χ1v) is 4.77. The van der Waals surface area contributed by atoms with Crippen molar-refractivity contribution in [1.29, 1.82) is 0 Å². The van der Waals surface area contributed by atoms with Gasteiger partial charge in [-0.2, -0.15) is 0 Å². The third-order valence-electron chi connectivity index (χ3n) is 1.36. The number of benzene rings is 1. The molecular formula is C8H4Li2S4. The van der Waals surface area contributed by atoms with Crippen LogP contribution in [0.4, 0.5) is 0 Å². The van der Waals surface area contributed by atoms with Crippen molar-refractivity contribution in [2.24, 2.45) is 0 Å². The largest absolute Gasteiger partial charge is 1.00 e. The van der Waals surface area contributed by atoms with Gasteiger partial charge < -0.3 is 49.7 Å². The van der Waals surface area contributed by atoms with Crippen molar-refractivity contribution in [2.45, 2.75) is 0 Å². The summed E-state index contributed by atoms with van der Waals surface area (Å²) >= 11 is 19.3. The summed E-state index contributed by atoms with van der Waals surface area (Å²) in [5.74, 6) is 0. The average molecular weight is 242 g/mol. The van der Waals surface area contributed by atoms with Gasteiger partial charge in [0, 0.05) is 0 Å². The first-order chi connectivity index (χ1) is 5.61. The Morgan fingerprint density at radius 3 is 1.14 bits per heavy atom. The first kappa shape index (κ1) is 17.4. The Hall–Kier alpha value is 1.03. The van der Waals surface area contributed by atoms with Crippen LogP contribution >= 0.6 is 24.4 Å². The molecule has 62 valence electrons. The van der Waals surface area contributed by atoms with Gasteiger partial charge in [0.05, 0.1) is 0 Å². The summed E-state index contributed by atoms with van der Waals surface area (Å²) in [5.41, 5.74) is 1.74. The van der Waals surface area contributed by atoms with Gasteiger partial charge in [0.1, 0.15) is 0 Å². The Bertz CT molecular complexity index is 288. The van der Waals surface area contributed by atoms with Crippen LogP contribution in [-0.2, 0) is 25.3 Å². The summed E-state index contributed by atoms with van der Waals surface area (Å²) in [4.78, 5) is 0. The molecule has 0 saturated carbocycles. The second-order valence-electron chi connectivity index (χ2n) is 2.15. The molecule has 0 heterocycles. The Morgan fingerprint density at radius 2 is 1.00 bits per heavy atom. The molecule has 0 N–H and O–H groups in total. The van der Waals surface area contributed by atoms with Crippen molar-refractivity contribution >= 4 is 58.1 Å². The van der Waals surface area contributed by atoms with E-state index in [2.05, 4.69) is 0 Å². The van der Waals surface area contributed by atoms with E-state index in [-0.39, 0.29) is 37.7 Å². The van der Waals surface area contributed by atoms with Crippen molar-refractivity contribution in [3.05, 3.63) is 35.4 Å². The summed E-state index contributed by atoms with van der Waals surface area (Å²) in [6, 6.07) is 7.35. The minimum Gasteiger partial charge on any atom is -0.428 e. The predicted molar refractivity (Wildman–Crippen MR) is 64.6 cm³/mol. The van der Waals surface area contributed by atoms with Gasteiger partial charge in [-0.05, 0) is 11.1 Å². The summed E-state index contributed by atoms with van der Waals surface area (Å²) in [6.45, 7) is 0. The van der Waals surface area contributed by atoms with Crippen LogP contribution in [0, 0.1) is 0 Å². The van der Waals surface area contributed by atoms with Gasteiger partial charge in [-0.3, -0.25) is 0 Å². The van der Waals surface area contributed by atoms with E-state index in [1.165, 1.54) is 0 Å². The predicted octanol–water partition coefficient (Wildman–Crippen LogP) is -3.86. The van der Waals surface area contributed by atoms with Gasteiger partial charge in [-0.1, -0.05) is 24.3 Å². The van der Waals surface area contributed by atoms with E-state index >= 15 is 0 Å². The summed E-state index contributed by atoms with van der Waals surface area (Å²) in [7, 11) is 0. The number of thiocarbonyl (C=S) groups is 2. The molecule has 14 heavy (non-hydrogen) atoms. The van der Waals surface area contributed by atoms with Crippen LogP contribution in [0.3, 0.4) is 0 Å². The fourth-order valence-corrected chi connectivity index (χ4v) is 1.29. The van der Waals surface area contributed by atoms with E-state index in [1.54, 1.807) is 0 Å². The molecule has 0 atom stereocenters. The van der Waals surface area contributed by atoms with E-state index in [0.29, 0.717) is 8.39 Å². The van der Waals surface area contributed by atoms with Gasteiger partial charge in [-0.25, -0.2) is 0 Å². The molecule has 0 saturated heterocycles.